The summed E-state index contributed by atoms with van der Waals surface area (Å²) < 4.78 is 2.01. The van der Waals surface area contributed by atoms with E-state index in [0.717, 1.165) is 23.5 Å². The second kappa shape index (κ2) is 9.71. The van der Waals surface area contributed by atoms with E-state index >= 15 is 0 Å². The van der Waals surface area contributed by atoms with Gasteiger partial charge in [-0.2, -0.15) is 5.10 Å². The van der Waals surface area contributed by atoms with Gasteiger partial charge in [0, 0.05) is 12.1 Å². The van der Waals surface area contributed by atoms with Crippen LogP contribution < -0.4 is 5.43 Å². The Kier molecular flexibility index (Phi) is 7.05. The Bertz CT molecular complexity index is 1000. The fourth-order valence-corrected chi connectivity index (χ4v) is 3.69. The van der Waals surface area contributed by atoms with Gasteiger partial charge in [0.05, 0.1) is 12.0 Å². The molecule has 1 aromatic heterocycles. The van der Waals surface area contributed by atoms with Crippen LogP contribution in [0.25, 0.3) is 11.4 Å². The van der Waals surface area contributed by atoms with Crippen LogP contribution in [0.1, 0.15) is 38.8 Å². The molecule has 1 N–H and O–H groups in total. The smallest absolute Gasteiger partial charge is 0.250 e. The molecule has 0 aliphatic heterocycles. The lowest BCUT2D eigenvalue weighted by Gasteiger charge is -2.18. The summed E-state index contributed by atoms with van der Waals surface area (Å²) in [5.41, 5.74) is 5.89. The maximum absolute atomic E-state index is 12.2. The van der Waals surface area contributed by atoms with Gasteiger partial charge in [-0.15, -0.1) is 10.2 Å². The molecule has 0 saturated carbocycles. The average molecular weight is 422 g/mol. The number of rotatable bonds is 7. The van der Waals surface area contributed by atoms with E-state index in [-0.39, 0.29) is 17.1 Å². The van der Waals surface area contributed by atoms with E-state index in [1.807, 2.05) is 54.0 Å². The van der Waals surface area contributed by atoms with E-state index in [1.165, 1.54) is 17.3 Å². The van der Waals surface area contributed by atoms with Gasteiger partial charge in [-0.05, 0) is 23.5 Å². The third-order valence-corrected chi connectivity index (χ3v) is 5.54. The highest BCUT2D eigenvalue weighted by atomic mass is 32.2. The Morgan fingerprint density at radius 3 is 2.43 bits per heavy atom. The normalized spacial score (nSPS) is 11.7. The number of carbonyl (C=O) groups excluding carboxylic acids is 1. The van der Waals surface area contributed by atoms with Gasteiger partial charge in [-0.1, -0.05) is 87.1 Å². The van der Waals surface area contributed by atoms with Crippen molar-refractivity contribution < 1.29 is 4.79 Å². The molecule has 0 unspecified atom stereocenters. The third kappa shape index (κ3) is 5.57. The molecule has 0 aliphatic carbocycles. The zero-order valence-corrected chi connectivity index (χ0v) is 18.6. The number of thioether (sulfide) groups is 1. The van der Waals surface area contributed by atoms with Crippen LogP contribution in [0, 0.1) is 0 Å². The fourth-order valence-electron chi connectivity index (χ4n) is 2.89. The first kappa shape index (κ1) is 21.8. The van der Waals surface area contributed by atoms with E-state index in [1.54, 1.807) is 6.21 Å². The predicted molar refractivity (Wildman–Crippen MR) is 123 cm³/mol. The summed E-state index contributed by atoms with van der Waals surface area (Å²) in [7, 11) is 0. The van der Waals surface area contributed by atoms with E-state index in [4.69, 9.17) is 0 Å². The summed E-state index contributed by atoms with van der Waals surface area (Å²) in [4.78, 5) is 12.2. The first-order valence-electron chi connectivity index (χ1n) is 9.92. The van der Waals surface area contributed by atoms with E-state index in [0.29, 0.717) is 5.16 Å². The number of benzene rings is 2. The van der Waals surface area contributed by atoms with E-state index in [9.17, 15) is 4.79 Å². The number of aromatic nitrogens is 3. The van der Waals surface area contributed by atoms with Crippen LogP contribution >= 0.6 is 11.8 Å². The summed E-state index contributed by atoms with van der Waals surface area (Å²) in [5, 5.41) is 13.3. The first-order chi connectivity index (χ1) is 14.4. The van der Waals surface area contributed by atoms with E-state index < -0.39 is 0 Å². The quantitative estimate of drug-likeness (QED) is 0.346. The van der Waals surface area contributed by atoms with Crippen molar-refractivity contribution in [3.63, 3.8) is 0 Å². The SMILES string of the molecule is CCn1c(SCC(=O)N/N=C\c2ccc(C(C)(C)C)cc2)nnc1-c1ccccc1. The molecule has 2 aromatic carbocycles. The van der Waals surface area contributed by atoms with Crippen molar-refractivity contribution in [2.45, 2.75) is 44.8 Å². The number of carbonyl (C=O) groups is 1. The predicted octanol–water partition coefficient (Wildman–Crippen LogP) is 4.50. The number of amides is 1. The zero-order valence-electron chi connectivity index (χ0n) is 17.8. The van der Waals surface area contributed by atoms with Crippen molar-refractivity contribution in [3.8, 4) is 11.4 Å². The molecular weight excluding hydrogens is 394 g/mol. The Morgan fingerprint density at radius 1 is 1.10 bits per heavy atom. The van der Waals surface area contributed by atoms with Crippen molar-refractivity contribution in [1.29, 1.82) is 0 Å². The highest BCUT2D eigenvalue weighted by Crippen LogP contribution is 2.24. The van der Waals surface area contributed by atoms with Gasteiger partial charge in [-0.3, -0.25) is 4.79 Å². The maximum atomic E-state index is 12.2. The van der Waals surface area contributed by atoms with Gasteiger partial charge in [0.1, 0.15) is 0 Å². The van der Waals surface area contributed by atoms with Gasteiger partial charge < -0.3 is 4.57 Å². The molecule has 0 saturated heterocycles. The van der Waals surface area contributed by atoms with Crippen LogP contribution in [0.2, 0.25) is 0 Å². The van der Waals surface area contributed by atoms with Crippen LogP contribution in [0.3, 0.4) is 0 Å². The largest absolute Gasteiger partial charge is 0.302 e. The molecular formula is C23H27N5OS. The minimum Gasteiger partial charge on any atom is -0.302 e. The van der Waals surface area contributed by atoms with Gasteiger partial charge >= 0.3 is 0 Å². The van der Waals surface area contributed by atoms with E-state index in [2.05, 4.69) is 53.6 Å². The summed E-state index contributed by atoms with van der Waals surface area (Å²) in [6.45, 7) is 9.29. The Hall–Kier alpha value is -2.93. The Labute approximate surface area is 181 Å². The van der Waals surface area contributed by atoms with Gasteiger partial charge in [0.25, 0.3) is 5.91 Å². The summed E-state index contributed by atoms with van der Waals surface area (Å²) >= 11 is 1.35. The van der Waals surface area contributed by atoms with Crippen LogP contribution in [-0.2, 0) is 16.8 Å². The molecule has 1 amide bonds. The molecule has 0 bridgehead atoms. The molecule has 0 fully saturated rings. The molecule has 3 rings (SSSR count). The molecule has 156 valence electrons. The number of hydrazone groups is 1. The molecule has 0 atom stereocenters. The molecule has 0 radical (unpaired) electrons. The number of nitrogens with one attached hydrogen (secondary N) is 1. The lowest BCUT2D eigenvalue weighted by atomic mass is 9.87. The maximum Gasteiger partial charge on any atom is 0.250 e. The minimum absolute atomic E-state index is 0.112. The Balaban J connectivity index is 1.55. The van der Waals surface area contributed by atoms with Crippen molar-refractivity contribution in [2.75, 3.05) is 5.75 Å². The summed E-state index contributed by atoms with van der Waals surface area (Å²) in [6, 6.07) is 18.1. The lowest BCUT2D eigenvalue weighted by molar-refractivity contribution is -0.118. The number of hydrogen-bond donors (Lipinski definition) is 1. The van der Waals surface area contributed by atoms with Gasteiger partial charge in [0.2, 0.25) is 0 Å². The molecule has 30 heavy (non-hydrogen) atoms. The number of hydrogen-bond acceptors (Lipinski definition) is 5. The molecule has 6 nitrogen and oxygen atoms in total. The first-order valence-corrected chi connectivity index (χ1v) is 10.9. The third-order valence-electron chi connectivity index (χ3n) is 4.58. The average Bonchev–Trinajstić information content (AvgIpc) is 3.15. The van der Waals surface area contributed by atoms with Crippen molar-refractivity contribution in [3.05, 3.63) is 65.7 Å². The second-order valence-electron chi connectivity index (χ2n) is 7.87. The van der Waals surface area contributed by atoms with Crippen LogP contribution in [0.5, 0.6) is 0 Å². The molecule has 0 aliphatic rings. The highest BCUT2D eigenvalue weighted by molar-refractivity contribution is 7.99. The topological polar surface area (TPSA) is 72.2 Å². The number of nitrogens with zero attached hydrogens (tertiary/aromatic N) is 4. The van der Waals surface area contributed by atoms with Crippen molar-refractivity contribution in [1.82, 2.24) is 20.2 Å². The lowest BCUT2D eigenvalue weighted by Crippen LogP contribution is -2.20. The van der Waals surface area contributed by atoms with Crippen molar-refractivity contribution >= 4 is 23.9 Å². The monoisotopic (exact) mass is 421 g/mol. The summed E-state index contributed by atoms with van der Waals surface area (Å²) in [6.07, 6.45) is 1.65. The fraction of sp³-hybridized carbons (Fsp3) is 0.304. The molecule has 1 heterocycles. The van der Waals surface area contributed by atoms with Gasteiger partial charge in [-0.25, -0.2) is 5.43 Å². The van der Waals surface area contributed by atoms with Crippen LogP contribution in [-0.4, -0.2) is 32.6 Å². The molecule has 7 heteroatoms. The highest BCUT2D eigenvalue weighted by Gasteiger charge is 2.14. The van der Waals surface area contributed by atoms with Crippen LogP contribution in [0.15, 0.2) is 64.9 Å². The molecule has 0 spiro atoms. The zero-order chi connectivity index (χ0) is 21.6. The Morgan fingerprint density at radius 2 is 1.80 bits per heavy atom. The molecule has 3 aromatic rings. The minimum atomic E-state index is -0.186. The van der Waals surface area contributed by atoms with Gasteiger partial charge in [0.15, 0.2) is 11.0 Å². The summed E-state index contributed by atoms with van der Waals surface area (Å²) in [5.74, 6) is 0.833. The van der Waals surface area contributed by atoms with Crippen LogP contribution in [0.4, 0.5) is 0 Å². The van der Waals surface area contributed by atoms with Crippen molar-refractivity contribution in [2.24, 2.45) is 5.10 Å². The standard InChI is InChI=1S/C23H27N5OS/c1-5-28-21(18-9-7-6-8-10-18)26-27-22(28)30-16-20(29)25-24-15-17-11-13-19(14-12-17)23(2,3)4/h6-15H,5,16H2,1-4H3,(H,25,29)/b24-15-. The second-order valence-corrected chi connectivity index (χ2v) is 8.81.